The smallest absolute Gasteiger partial charge is 0.375 e. The standard InChI is InChI=1S/C18H16Cl2N2O4/c1-11(17(23)22(2)9-3-8-21)25-18(24)16-7-6-15(26-16)13-5-4-12(19)10-14(13)20/h4-7,10-11H,3,9H2,1-2H3/t11-/m0/s1. The Balaban J connectivity index is 2.06. The van der Waals surface area contributed by atoms with E-state index in [2.05, 4.69) is 0 Å². The maximum absolute atomic E-state index is 12.2. The normalized spacial score (nSPS) is 11.5. The lowest BCUT2D eigenvalue weighted by Gasteiger charge is -2.20. The molecule has 1 heterocycles. The quantitative estimate of drug-likeness (QED) is 0.686. The van der Waals surface area contributed by atoms with Gasteiger partial charge < -0.3 is 14.1 Å². The molecule has 0 aliphatic carbocycles. The average molecular weight is 395 g/mol. The fraction of sp³-hybridized carbons (Fsp3) is 0.278. The zero-order valence-corrected chi connectivity index (χ0v) is 15.7. The van der Waals surface area contributed by atoms with E-state index in [1.54, 1.807) is 24.3 Å². The van der Waals surface area contributed by atoms with E-state index in [1.165, 1.54) is 24.9 Å². The van der Waals surface area contributed by atoms with Gasteiger partial charge in [-0.1, -0.05) is 23.2 Å². The van der Waals surface area contributed by atoms with Crippen LogP contribution >= 0.6 is 23.2 Å². The van der Waals surface area contributed by atoms with E-state index >= 15 is 0 Å². The molecule has 1 amide bonds. The molecular weight excluding hydrogens is 379 g/mol. The molecule has 1 aromatic carbocycles. The van der Waals surface area contributed by atoms with Crippen LogP contribution in [0.2, 0.25) is 10.0 Å². The SMILES string of the molecule is C[C@H](OC(=O)c1ccc(-c2ccc(Cl)cc2Cl)o1)C(=O)N(C)CCC#N. The highest BCUT2D eigenvalue weighted by atomic mass is 35.5. The van der Waals surface area contributed by atoms with Crippen LogP contribution < -0.4 is 0 Å². The van der Waals surface area contributed by atoms with Crippen molar-refractivity contribution >= 4 is 35.1 Å². The predicted molar refractivity (Wildman–Crippen MR) is 96.9 cm³/mol. The number of furan rings is 1. The maximum Gasteiger partial charge on any atom is 0.375 e. The fourth-order valence-corrected chi connectivity index (χ4v) is 2.69. The number of nitrogens with zero attached hydrogens (tertiary/aromatic N) is 2. The van der Waals surface area contributed by atoms with E-state index in [9.17, 15) is 9.59 Å². The summed E-state index contributed by atoms with van der Waals surface area (Å²) in [5.74, 6) is -0.842. The van der Waals surface area contributed by atoms with Crippen molar-refractivity contribution in [1.82, 2.24) is 4.90 Å². The number of carbonyl (C=O) groups is 2. The molecule has 0 fully saturated rings. The molecule has 26 heavy (non-hydrogen) atoms. The first-order chi connectivity index (χ1) is 12.3. The summed E-state index contributed by atoms with van der Waals surface area (Å²) in [6, 6.07) is 9.87. The topological polar surface area (TPSA) is 83.5 Å². The van der Waals surface area contributed by atoms with E-state index < -0.39 is 18.0 Å². The van der Waals surface area contributed by atoms with Gasteiger partial charge in [0.05, 0.1) is 17.5 Å². The molecule has 0 saturated heterocycles. The van der Waals surface area contributed by atoms with Crippen LogP contribution in [0.1, 0.15) is 23.9 Å². The summed E-state index contributed by atoms with van der Waals surface area (Å²) in [4.78, 5) is 25.6. The fourth-order valence-electron chi connectivity index (χ4n) is 2.19. The minimum atomic E-state index is -1.00. The number of esters is 1. The van der Waals surface area contributed by atoms with Crippen LogP contribution in [-0.2, 0) is 9.53 Å². The predicted octanol–water partition coefficient (Wildman–Crippen LogP) is 4.17. The van der Waals surface area contributed by atoms with Gasteiger partial charge in [-0.2, -0.15) is 5.26 Å². The van der Waals surface area contributed by atoms with Gasteiger partial charge in [-0.05, 0) is 37.3 Å². The van der Waals surface area contributed by atoms with E-state index in [0.717, 1.165) is 0 Å². The van der Waals surface area contributed by atoms with E-state index in [-0.39, 0.29) is 18.7 Å². The monoisotopic (exact) mass is 394 g/mol. The lowest BCUT2D eigenvalue weighted by atomic mass is 10.2. The van der Waals surface area contributed by atoms with Crippen LogP contribution in [0.4, 0.5) is 0 Å². The van der Waals surface area contributed by atoms with Crippen molar-refractivity contribution in [3.63, 3.8) is 0 Å². The first kappa shape index (κ1) is 19.8. The number of hydrogen-bond donors (Lipinski definition) is 0. The summed E-state index contributed by atoms with van der Waals surface area (Å²) in [7, 11) is 1.54. The summed E-state index contributed by atoms with van der Waals surface area (Å²) >= 11 is 12.0. The Labute approximate surface area is 160 Å². The van der Waals surface area contributed by atoms with Gasteiger partial charge in [0.2, 0.25) is 5.76 Å². The first-order valence-corrected chi connectivity index (χ1v) is 8.47. The van der Waals surface area contributed by atoms with Crippen LogP contribution in [-0.4, -0.2) is 36.5 Å². The van der Waals surface area contributed by atoms with Crippen molar-refractivity contribution in [2.45, 2.75) is 19.4 Å². The van der Waals surface area contributed by atoms with E-state index in [4.69, 9.17) is 37.6 Å². The Morgan fingerprint density at radius 3 is 2.69 bits per heavy atom. The number of likely N-dealkylation sites (N-methyl/N-ethyl adjacent to an activating group) is 1. The molecule has 6 nitrogen and oxygen atoms in total. The summed E-state index contributed by atoms with van der Waals surface area (Å²) in [6.07, 6.45) is -0.800. The molecule has 0 aliphatic heterocycles. The molecule has 8 heteroatoms. The summed E-state index contributed by atoms with van der Waals surface area (Å²) < 4.78 is 10.6. The van der Waals surface area contributed by atoms with Gasteiger partial charge in [0, 0.05) is 24.2 Å². The van der Waals surface area contributed by atoms with Crippen molar-refractivity contribution in [3.05, 3.63) is 46.1 Å². The third-order valence-corrected chi connectivity index (χ3v) is 4.12. The second kappa shape index (κ2) is 8.75. The Bertz CT molecular complexity index is 857. The molecule has 136 valence electrons. The minimum absolute atomic E-state index is 0.0506. The van der Waals surface area contributed by atoms with Crippen LogP contribution in [0.3, 0.4) is 0 Å². The Morgan fingerprint density at radius 2 is 2.04 bits per heavy atom. The zero-order valence-electron chi connectivity index (χ0n) is 14.2. The molecule has 1 aromatic heterocycles. The Kier molecular flexibility index (Phi) is 6.67. The largest absolute Gasteiger partial charge is 0.449 e. The molecule has 0 spiro atoms. The number of hydrogen-bond acceptors (Lipinski definition) is 5. The van der Waals surface area contributed by atoms with Gasteiger partial charge in [0.1, 0.15) is 5.76 Å². The third kappa shape index (κ3) is 4.78. The second-order valence-electron chi connectivity index (χ2n) is 5.50. The highest BCUT2D eigenvalue weighted by Gasteiger charge is 2.24. The summed E-state index contributed by atoms with van der Waals surface area (Å²) in [5, 5.41) is 9.43. The van der Waals surface area contributed by atoms with Crippen molar-refractivity contribution in [2.24, 2.45) is 0 Å². The Hall–Kier alpha value is -2.49. The highest BCUT2D eigenvalue weighted by molar-refractivity contribution is 6.36. The molecule has 0 saturated carbocycles. The molecule has 0 N–H and O–H groups in total. The van der Waals surface area contributed by atoms with Crippen LogP contribution in [0.25, 0.3) is 11.3 Å². The molecule has 2 rings (SSSR count). The lowest BCUT2D eigenvalue weighted by Crippen LogP contribution is -2.37. The Morgan fingerprint density at radius 1 is 1.31 bits per heavy atom. The molecular formula is C18H16Cl2N2O4. The van der Waals surface area contributed by atoms with Crippen molar-refractivity contribution in [2.75, 3.05) is 13.6 Å². The van der Waals surface area contributed by atoms with Gasteiger partial charge in [0.25, 0.3) is 5.91 Å². The number of benzene rings is 1. The molecule has 0 unspecified atom stereocenters. The van der Waals surface area contributed by atoms with Gasteiger partial charge in [-0.15, -0.1) is 0 Å². The molecule has 0 aliphatic rings. The molecule has 1 atom stereocenters. The number of rotatable bonds is 6. The highest BCUT2D eigenvalue weighted by Crippen LogP contribution is 2.31. The average Bonchev–Trinajstić information content (AvgIpc) is 3.08. The molecule has 2 aromatic rings. The van der Waals surface area contributed by atoms with E-state index in [0.29, 0.717) is 21.4 Å². The lowest BCUT2D eigenvalue weighted by molar-refractivity contribution is -0.138. The van der Waals surface area contributed by atoms with Gasteiger partial charge in [0.15, 0.2) is 6.10 Å². The summed E-state index contributed by atoms with van der Waals surface area (Å²) in [5.41, 5.74) is 0.579. The first-order valence-electron chi connectivity index (χ1n) is 7.71. The zero-order chi connectivity index (χ0) is 19.3. The maximum atomic E-state index is 12.2. The summed E-state index contributed by atoms with van der Waals surface area (Å²) in [6.45, 7) is 1.72. The van der Waals surface area contributed by atoms with Crippen LogP contribution in [0, 0.1) is 11.3 Å². The van der Waals surface area contributed by atoms with E-state index in [1.807, 2.05) is 6.07 Å². The molecule has 0 radical (unpaired) electrons. The second-order valence-corrected chi connectivity index (χ2v) is 6.35. The van der Waals surface area contributed by atoms with Gasteiger partial charge in [-0.3, -0.25) is 4.79 Å². The molecule has 0 bridgehead atoms. The third-order valence-electron chi connectivity index (χ3n) is 3.57. The number of nitriles is 1. The number of halogens is 2. The van der Waals surface area contributed by atoms with Crippen molar-refractivity contribution < 1.29 is 18.7 Å². The minimum Gasteiger partial charge on any atom is -0.449 e. The van der Waals surface area contributed by atoms with Gasteiger partial charge >= 0.3 is 5.97 Å². The number of ether oxygens (including phenoxy) is 1. The van der Waals surface area contributed by atoms with Crippen molar-refractivity contribution in [1.29, 1.82) is 5.26 Å². The van der Waals surface area contributed by atoms with Crippen LogP contribution in [0.5, 0.6) is 0 Å². The number of amides is 1. The van der Waals surface area contributed by atoms with Crippen LogP contribution in [0.15, 0.2) is 34.7 Å². The van der Waals surface area contributed by atoms with Gasteiger partial charge in [-0.25, -0.2) is 4.79 Å². The number of carbonyl (C=O) groups excluding carboxylic acids is 2. The van der Waals surface area contributed by atoms with Crippen molar-refractivity contribution in [3.8, 4) is 17.4 Å².